The molecule has 2 rings (SSSR count). The van der Waals surface area contributed by atoms with Gasteiger partial charge in [0, 0.05) is 7.11 Å². The van der Waals surface area contributed by atoms with E-state index in [0.717, 1.165) is 5.56 Å². The summed E-state index contributed by atoms with van der Waals surface area (Å²) < 4.78 is 15.2. The Balaban J connectivity index is 2.04. The van der Waals surface area contributed by atoms with Crippen molar-refractivity contribution in [2.24, 2.45) is 0 Å². The molecule has 0 aliphatic heterocycles. The Morgan fingerprint density at radius 3 is 2.62 bits per heavy atom. The monoisotopic (exact) mass is 331 g/mol. The molecule has 0 radical (unpaired) electrons. The van der Waals surface area contributed by atoms with E-state index >= 15 is 0 Å². The Kier molecular flexibility index (Phi) is 6.14. The van der Waals surface area contributed by atoms with Crippen LogP contribution < -0.4 is 5.32 Å². The molecule has 128 valence electrons. The zero-order valence-electron chi connectivity index (χ0n) is 13.8. The van der Waals surface area contributed by atoms with Gasteiger partial charge in [0.2, 0.25) is 0 Å². The van der Waals surface area contributed by atoms with Gasteiger partial charge >= 0.3 is 12.1 Å². The first kappa shape index (κ1) is 17.7. The average Bonchev–Trinajstić information content (AvgIpc) is 2.60. The molecule has 1 unspecified atom stereocenters. The normalized spacial score (nSPS) is 19.3. The maximum absolute atomic E-state index is 12.2. The van der Waals surface area contributed by atoms with Crippen molar-refractivity contribution in [1.29, 1.82) is 0 Å². The van der Waals surface area contributed by atoms with Crippen LogP contribution in [0.15, 0.2) is 54.1 Å². The summed E-state index contributed by atoms with van der Waals surface area (Å²) in [4.78, 5) is 23.9. The fourth-order valence-electron chi connectivity index (χ4n) is 2.49. The van der Waals surface area contributed by atoms with E-state index in [9.17, 15) is 9.59 Å². The minimum atomic E-state index is -0.846. The van der Waals surface area contributed by atoms with Crippen molar-refractivity contribution in [2.75, 3.05) is 20.8 Å². The van der Waals surface area contributed by atoms with Crippen molar-refractivity contribution in [2.45, 2.75) is 18.6 Å². The van der Waals surface area contributed by atoms with Crippen LogP contribution in [0.2, 0.25) is 0 Å². The summed E-state index contributed by atoms with van der Waals surface area (Å²) in [6.07, 6.45) is 5.01. The number of ether oxygens (including phenoxy) is 3. The van der Waals surface area contributed by atoms with Crippen LogP contribution in [0.25, 0.3) is 0 Å². The third-order valence-electron chi connectivity index (χ3n) is 3.60. The fraction of sp³-hybridized carbons (Fsp3) is 0.333. The van der Waals surface area contributed by atoms with Crippen LogP contribution in [-0.4, -0.2) is 38.4 Å². The van der Waals surface area contributed by atoms with Crippen LogP contribution in [0.3, 0.4) is 0 Å². The van der Waals surface area contributed by atoms with Crippen LogP contribution in [0.4, 0.5) is 4.79 Å². The van der Waals surface area contributed by atoms with Crippen molar-refractivity contribution >= 4 is 12.1 Å². The summed E-state index contributed by atoms with van der Waals surface area (Å²) in [5.74, 6) is -0.467. The van der Waals surface area contributed by atoms with E-state index in [1.165, 1.54) is 14.2 Å². The summed E-state index contributed by atoms with van der Waals surface area (Å²) in [6.45, 7) is 0.372. The molecule has 1 aromatic carbocycles. The SMILES string of the molecule is COCC1(NC(=O)OCc2ccccc2)C=C(C(=O)OC)C=CC1. The highest BCUT2D eigenvalue weighted by atomic mass is 16.5. The molecule has 0 saturated heterocycles. The van der Waals surface area contributed by atoms with E-state index in [4.69, 9.17) is 14.2 Å². The first-order chi connectivity index (χ1) is 11.6. The van der Waals surface area contributed by atoms with Gasteiger partial charge in [-0.05, 0) is 18.1 Å². The Hall–Kier alpha value is -2.60. The number of rotatable bonds is 6. The van der Waals surface area contributed by atoms with Crippen LogP contribution >= 0.6 is 0 Å². The summed E-state index contributed by atoms with van der Waals surface area (Å²) >= 11 is 0. The van der Waals surface area contributed by atoms with Gasteiger partial charge < -0.3 is 19.5 Å². The molecular formula is C18H21NO5. The van der Waals surface area contributed by atoms with Crippen molar-refractivity contribution in [1.82, 2.24) is 5.32 Å². The summed E-state index contributed by atoms with van der Waals surface area (Å²) in [7, 11) is 2.84. The maximum atomic E-state index is 12.2. The lowest BCUT2D eigenvalue weighted by molar-refractivity contribution is -0.135. The van der Waals surface area contributed by atoms with Gasteiger partial charge in [-0.2, -0.15) is 0 Å². The number of esters is 1. The number of amides is 1. The topological polar surface area (TPSA) is 73.9 Å². The number of carbonyl (C=O) groups is 2. The first-order valence-corrected chi connectivity index (χ1v) is 7.54. The number of hydrogen-bond acceptors (Lipinski definition) is 5. The van der Waals surface area contributed by atoms with Crippen molar-refractivity contribution in [3.05, 3.63) is 59.7 Å². The van der Waals surface area contributed by atoms with Crippen molar-refractivity contribution < 1.29 is 23.8 Å². The van der Waals surface area contributed by atoms with E-state index in [2.05, 4.69) is 5.32 Å². The molecule has 6 heteroatoms. The zero-order valence-corrected chi connectivity index (χ0v) is 13.8. The molecule has 0 saturated carbocycles. The minimum absolute atomic E-state index is 0.166. The molecule has 0 aromatic heterocycles. The second kappa shape index (κ2) is 8.31. The fourth-order valence-corrected chi connectivity index (χ4v) is 2.49. The highest BCUT2D eigenvalue weighted by Crippen LogP contribution is 2.23. The van der Waals surface area contributed by atoms with E-state index in [-0.39, 0.29) is 13.2 Å². The zero-order chi connectivity index (χ0) is 17.4. The third-order valence-corrected chi connectivity index (χ3v) is 3.60. The van der Waals surface area contributed by atoms with Gasteiger partial charge in [0.15, 0.2) is 0 Å². The number of alkyl carbamates (subject to hydrolysis) is 1. The summed E-state index contributed by atoms with van der Waals surface area (Å²) in [5.41, 5.74) is 0.410. The molecule has 1 aliphatic rings. The lowest BCUT2D eigenvalue weighted by atomic mass is 9.88. The molecule has 0 spiro atoms. The smallest absolute Gasteiger partial charge is 0.408 e. The first-order valence-electron chi connectivity index (χ1n) is 7.54. The highest BCUT2D eigenvalue weighted by Gasteiger charge is 2.33. The molecule has 1 atom stereocenters. The lowest BCUT2D eigenvalue weighted by Crippen LogP contribution is -2.51. The Bertz CT molecular complexity index is 638. The van der Waals surface area contributed by atoms with Crippen LogP contribution in [0, 0.1) is 0 Å². The van der Waals surface area contributed by atoms with E-state index in [0.29, 0.717) is 12.0 Å². The molecule has 1 amide bonds. The predicted molar refractivity (Wildman–Crippen MR) is 88.2 cm³/mol. The van der Waals surface area contributed by atoms with Gasteiger partial charge in [-0.1, -0.05) is 42.5 Å². The maximum Gasteiger partial charge on any atom is 0.408 e. The third kappa shape index (κ3) is 4.70. The lowest BCUT2D eigenvalue weighted by Gasteiger charge is -2.32. The molecule has 1 aliphatic carbocycles. The van der Waals surface area contributed by atoms with Crippen LogP contribution in [0.5, 0.6) is 0 Å². The van der Waals surface area contributed by atoms with Crippen molar-refractivity contribution in [3.8, 4) is 0 Å². The quantitative estimate of drug-likeness (QED) is 0.810. The molecule has 0 heterocycles. The van der Waals surface area contributed by atoms with E-state index in [1.54, 1.807) is 18.2 Å². The van der Waals surface area contributed by atoms with Gasteiger partial charge in [0.25, 0.3) is 0 Å². The molecule has 1 N–H and O–H groups in total. The Morgan fingerprint density at radius 1 is 1.21 bits per heavy atom. The number of methoxy groups -OCH3 is 2. The molecule has 0 fully saturated rings. The second-order valence-electron chi connectivity index (χ2n) is 5.47. The van der Waals surface area contributed by atoms with Gasteiger partial charge in [0.1, 0.15) is 6.61 Å². The number of benzene rings is 1. The average molecular weight is 331 g/mol. The summed E-state index contributed by atoms with van der Waals surface area (Å²) in [6, 6.07) is 9.39. The van der Waals surface area contributed by atoms with Crippen LogP contribution in [-0.2, 0) is 25.6 Å². The van der Waals surface area contributed by atoms with Crippen molar-refractivity contribution in [3.63, 3.8) is 0 Å². The second-order valence-corrected chi connectivity index (χ2v) is 5.47. The molecule has 6 nitrogen and oxygen atoms in total. The minimum Gasteiger partial charge on any atom is -0.465 e. The molecule has 1 aromatic rings. The largest absolute Gasteiger partial charge is 0.465 e. The van der Waals surface area contributed by atoms with Gasteiger partial charge in [0.05, 0.1) is 24.8 Å². The molecule has 0 bridgehead atoms. The highest BCUT2D eigenvalue weighted by molar-refractivity contribution is 5.92. The van der Waals surface area contributed by atoms with Gasteiger partial charge in [-0.25, -0.2) is 9.59 Å². The standard InChI is InChI=1S/C18H21NO5/c1-22-13-18(10-6-9-15(11-18)16(20)23-2)19-17(21)24-12-14-7-4-3-5-8-14/h3-9,11H,10,12-13H2,1-2H3,(H,19,21). The molecule has 24 heavy (non-hydrogen) atoms. The number of nitrogens with one attached hydrogen (secondary N) is 1. The summed E-state index contributed by atoms with van der Waals surface area (Å²) in [5, 5.41) is 2.79. The van der Waals surface area contributed by atoms with E-state index < -0.39 is 17.6 Å². The van der Waals surface area contributed by atoms with E-state index in [1.807, 2.05) is 30.3 Å². The van der Waals surface area contributed by atoms with Gasteiger partial charge in [-0.15, -0.1) is 0 Å². The number of hydrogen-bond donors (Lipinski definition) is 1. The molecular weight excluding hydrogens is 310 g/mol. The number of carbonyl (C=O) groups excluding carboxylic acids is 2. The Morgan fingerprint density at radius 2 is 1.96 bits per heavy atom. The van der Waals surface area contributed by atoms with Gasteiger partial charge in [-0.3, -0.25) is 0 Å². The van der Waals surface area contributed by atoms with Crippen LogP contribution in [0.1, 0.15) is 12.0 Å². The predicted octanol–water partition coefficient (Wildman–Crippen LogP) is 2.36. The Labute approximate surface area is 141 Å².